The zero-order valence-electron chi connectivity index (χ0n) is 9.58. The van der Waals surface area contributed by atoms with Crippen molar-refractivity contribution in [2.45, 2.75) is 18.8 Å². The summed E-state index contributed by atoms with van der Waals surface area (Å²) < 4.78 is 6.58. The van der Waals surface area contributed by atoms with Crippen LogP contribution in [-0.2, 0) is 10.2 Å². The van der Waals surface area contributed by atoms with Crippen molar-refractivity contribution in [2.75, 3.05) is 19.8 Å². The molecule has 0 spiro atoms. The molecular formula is C13H18BrNO. The van der Waals surface area contributed by atoms with Crippen molar-refractivity contribution < 1.29 is 4.74 Å². The van der Waals surface area contributed by atoms with Gasteiger partial charge in [-0.25, -0.2) is 0 Å². The molecule has 0 saturated carbocycles. The third kappa shape index (κ3) is 2.04. The molecule has 2 N–H and O–H groups in total. The van der Waals surface area contributed by atoms with Gasteiger partial charge in [-0.2, -0.15) is 0 Å². The zero-order chi connectivity index (χ0) is 11.6. The molecule has 2 rings (SSSR count). The van der Waals surface area contributed by atoms with Gasteiger partial charge in [0.05, 0.1) is 13.2 Å². The Hall–Kier alpha value is -0.380. The zero-order valence-corrected chi connectivity index (χ0v) is 11.2. The highest BCUT2D eigenvalue weighted by atomic mass is 79.9. The molecule has 1 saturated heterocycles. The lowest BCUT2D eigenvalue weighted by atomic mass is 9.68. The Morgan fingerprint density at radius 1 is 1.50 bits per heavy atom. The van der Waals surface area contributed by atoms with E-state index in [0.717, 1.165) is 30.7 Å². The maximum absolute atomic E-state index is 5.66. The molecule has 0 radical (unpaired) electrons. The topological polar surface area (TPSA) is 35.2 Å². The molecule has 1 aromatic rings. The minimum absolute atomic E-state index is 0.184. The van der Waals surface area contributed by atoms with E-state index in [-0.39, 0.29) is 5.41 Å². The Balaban J connectivity index is 2.27. The fraction of sp³-hybridized carbons (Fsp3) is 0.538. The van der Waals surface area contributed by atoms with Crippen molar-refractivity contribution in [1.29, 1.82) is 0 Å². The van der Waals surface area contributed by atoms with E-state index in [0.29, 0.717) is 5.92 Å². The quantitative estimate of drug-likeness (QED) is 0.922. The van der Waals surface area contributed by atoms with Crippen molar-refractivity contribution in [3.05, 3.63) is 34.3 Å². The van der Waals surface area contributed by atoms with E-state index in [1.165, 1.54) is 5.56 Å². The van der Waals surface area contributed by atoms with Gasteiger partial charge in [0.25, 0.3) is 0 Å². The summed E-state index contributed by atoms with van der Waals surface area (Å²) >= 11 is 3.53. The molecule has 1 aromatic carbocycles. The molecule has 0 amide bonds. The fourth-order valence-corrected chi connectivity index (χ4v) is 2.78. The minimum atomic E-state index is 0.184. The van der Waals surface area contributed by atoms with Crippen LogP contribution in [0.25, 0.3) is 0 Å². The second kappa shape index (κ2) is 4.86. The number of halogens is 1. The lowest BCUT2D eigenvalue weighted by Crippen LogP contribution is -2.52. The van der Waals surface area contributed by atoms with Crippen LogP contribution in [0.4, 0.5) is 0 Å². The van der Waals surface area contributed by atoms with Gasteiger partial charge in [0.1, 0.15) is 0 Å². The number of hydrogen-bond acceptors (Lipinski definition) is 2. The maximum atomic E-state index is 5.66. The Morgan fingerprint density at radius 3 is 2.75 bits per heavy atom. The van der Waals surface area contributed by atoms with Crippen LogP contribution in [0.15, 0.2) is 28.7 Å². The monoisotopic (exact) mass is 283 g/mol. The summed E-state index contributed by atoms with van der Waals surface area (Å²) in [6.07, 6.45) is 1.05. The van der Waals surface area contributed by atoms with Gasteiger partial charge >= 0.3 is 0 Å². The van der Waals surface area contributed by atoms with E-state index >= 15 is 0 Å². The van der Waals surface area contributed by atoms with Crippen molar-refractivity contribution in [3.63, 3.8) is 0 Å². The van der Waals surface area contributed by atoms with Crippen LogP contribution < -0.4 is 5.73 Å². The first-order valence-electron chi connectivity index (χ1n) is 5.73. The van der Waals surface area contributed by atoms with E-state index in [2.05, 4.69) is 47.1 Å². The normalized spacial score (nSPS) is 20.2. The molecule has 3 heteroatoms. The Labute approximate surface area is 105 Å². The summed E-state index contributed by atoms with van der Waals surface area (Å²) in [5.41, 5.74) is 7.22. The third-order valence-corrected chi connectivity index (χ3v) is 4.16. The van der Waals surface area contributed by atoms with Gasteiger partial charge in [-0.05, 0) is 36.6 Å². The van der Waals surface area contributed by atoms with Crippen molar-refractivity contribution in [1.82, 2.24) is 0 Å². The largest absolute Gasteiger partial charge is 0.379 e. The van der Waals surface area contributed by atoms with Crippen molar-refractivity contribution >= 4 is 15.9 Å². The molecule has 0 aromatic heterocycles. The number of benzene rings is 1. The molecule has 0 bridgehead atoms. The molecule has 1 fully saturated rings. The highest BCUT2D eigenvalue weighted by molar-refractivity contribution is 9.10. The van der Waals surface area contributed by atoms with Crippen LogP contribution in [0.3, 0.4) is 0 Å². The van der Waals surface area contributed by atoms with Crippen molar-refractivity contribution in [3.8, 4) is 0 Å². The van der Waals surface area contributed by atoms with Gasteiger partial charge < -0.3 is 10.5 Å². The molecule has 1 unspecified atom stereocenters. The predicted molar refractivity (Wildman–Crippen MR) is 69.5 cm³/mol. The summed E-state index contributed by atoms with van der Waals surface area (Å²) in [5.74, 6) is 0.570. The fourth-order valence-electron chi connectivity index (χ4n) is 2.38. The van der Waals surface area contributed by atoms with Crippen LogP contribution in [-0.4, -0.2) is 19.8 Å². The number of ether oxygens (including phenoxy) is 1. The number of rotatable bonds is 4. The molecule has 1 heterocycles. The highest BCUT2D eigenvalue weighted by Crippen LogP contribution is 2.41. The molecule has 0 aliphatic carbocycles. The van der Waals surface area contributed by atoms with Crippen LogP contribution in [0.2, 0.25) is 0 Å². The Bertz CT molecular complexity index is 363. The average Bonchev–Trinajstić information content (AvgIpc) is 2.16. The van der Waals surface area contributed by atoms with Crippen LogP contribution >= 0.6 is 15.9 Å². The summed E-state index contributed by atoms with van der Waals surface area (Å²) in [6, 6.07) is 8.55. The van der Waals surface area contributed by atoms with Crippen LogP contribution in [0, 0.1) is 5.92 Å². The van der Waals surface area contributed by atoms with E-state index in [4.69, 9.17) is 10.5 Å². The van der Waals surface area contributed by atoms with Gasteiger partial charge in [-0.1, -0.05) is 35.0 Å². The molecule has 1 aliphatic heterocycles. The summed E-state index contributed by atoms with van der Waals surface area (Å²) in [4.78, 5) is 0. The Kier molecular flexibility index (Phi) is 3.67. The molecular weight excluding hydrogens is 266 g/mol. The first-order chi connectivity index (χ1) is 7.69. The first kappa shape index (κ1) is 12.1. The summed E-state index contributed by atoms with van der Waals surface area (Å²) in [5, 5.41) is 0. The lowest BCUT2D eigenvalue weighted by Gasteiger charge is -2.46. The lowest BCUT2D eigenvalue weighted by molar-refractivity contribution is -0.0883. The SMILES string of the molecule is CC(CCN)C1(c2cccc(Br)c2)COC1. The van der Waals surface area contributed by atoms with E-state index in [1.807, 2.05) is 0 Å². The van der Waals surface area contributed by atoms with Crippen LogP contribution in [0.5, 0.6) is 0 Å². The van der Waals surface area contributed by atoms with Crippen LogP contribution in [0.1, 0.15) is 18.9 Å². The van der Waals surface area contributed by atoms with Gasteiger partial charge in [-0.15, -0.1) is 0 Å². The van der Waals surface area contributed by atoms with E-state index in [1.54, 1.807) is 0 Å². The molecule has 1 aliphatic rings. The minimum Gasteiger partial charge on any atom is -0.379 e. The molecule has 88 valence electrons. The standard InChI is InChI=1S/C13H18BrNO/c1-10(5-6-15)13(8-16-9-13)11-3-2-4-12(14)7-11/h2-4,7,10H,5-6,8-9,15H2,1H3. The third-order valence-electron chi connectivity index (χ3n) is 3.66. The van der Waals surface area contributed by atoms with E-state index in [9.17, 15) is 0 Å². The molecule has 1 atom stereocenters. The summed E-state index contributed by atoms with van der Waals surface area (Å²) in [7, 11) is 0. The van der Waals surface area contributed by atoms with E-state index < -0.39 is 0 Å². The van der Waals surface area contributed by atoms with Gasteiger partial charge in [0.15, 0.2) is 0 Å². The Morgan fingerprint density at radius 2 is 2.25 bits per heavy atom. The highest BCUT2D eigenvalue weighted by Gasteiger charge is 2.44. The molecule has 16 heavy (non-hydrogen) atoms. The number of nitrogens with two attached hydrogens (primary N) is 1. The second-order valence-corrected chi connectivity index (χ2v) is 5.55. The summed E-state index contributed by atoms with van der Waals surface area (Å²) in [6.45, 7) is 4.67. The van der Waals surface area contributed by atoms with Gasteiger partial charge in [0.2, 0.25) is 0 Å². The van der Waals surface area contributed by atoms with Gasteiger partial charge in [0, 0.05) is 9.89 Å². The van der Waals surface area contributed by atoms with Gasteiger partial charge in [-0.3, -0.25) is 0 Å². The first-order valence-corrected chi connectivity index (χ1v) is 6.52. The number of hydrogen-bond donors (Lipinski definition) is 1. The smallest absolute Gasteiger partial charge is 0.0588 e. The average molecular weight is 284 g/mol. The molecule has 2 nitrogen and oxygen atoms in total. The van der Waals surface area contributed by atoms with Crippen molar-refractivity contribution in [2.24, 2.45) is 11.7 Å². The predicted octanol–water partition coefficient (Wildman–Crippen LogP) is 2.70. The maximum Gasteiger partial charge on any atom is 0.0588 e. The second-order valence-electron chi connectivity index (χ2n) is 4.64.